The van der Waals surface area contributed by atoms with Crippen LogP contribution in [0.2, 0.25) is 0 Å². The van der Waals surface area contributed by atoms with E-state index in [1.165, 1.54) is 19.3 Å². The zero-order valence-corrected chi connectivity index (χ0v) is 6.89. The van der Waals surface area contributed by atoms with Crippen LogP contribution in [0.4, 0.5) is 0 Å². The SMILES string of the molecule is CCC(C)C1(CON)CC1. The van der Waals surface area contributed by atoms with Gasteiger partial charge in [-0.15, -0.1) is 0 Å². The Morgan fingerprint density at radius 2 is 2.20 bits per heavy atom. The number of hydrogen-bond donors (Lipinski definition) is 1. The number of rotatable bonds is 4. The summed E-state index contributed by atoms with van der Waals surface area (Å²) in [5.74, 6) is 5.82. The van der Waals surface area contributed by atoms with E-state index in [9.17, 15) is 0 Å². The summed E-state index contributed by atoms with van der Waals surface area (Å²) in [4.78, 5) is 4.69. The Hall–Kier alpha value is -0.0800. The normalized spacial score (nSPS) is 24.3. The van der Waals surface area contributed by atoms with E-state index in [0.29, 0.717) is 5.41 Å². The molecule has 0 aliphatic heterocycles. The Kier molecular flexibility index (Phi) is 2.32. The molecule has 0 amide bonds. The van der Waals surface area contributed by atoms with Gasteiger partial charge in [0.25, 0.3) is 0 Å². The van der Waals surface area contributed by atoms with E-state index in [1.807, 2.05) is 0 Å². The highest BCUT2D eigenvalue weighted by Gasteiger charge is 2.46. The van der Waals surface area contributed by atoms with Gasteiger partial charge >= 0.3 is 0 Å². The van der Waals surface area contributed by atoms with Crippen molar-refractivity contribution in [3.05, 3.63) is 0 Å². The molecule has 60 valence electrons. The van der Waals surface area contributed by atoms with Crippen LogP contribution in [0.15, 0.2) is 0 Å². The fourth-order valence-electron chi connectivity index (χ4n) is 1.54. The van der Waals surface area contributed by atoms with Gasteiger partial charge in [-0.25, -0.2) is 5.90 Å². The van der Waals surface area contributed by atoms with E-state index in [0.717, 1.165) is 12.5 Å². The van der Waals surface area contributed by atoms with E-state index >= 15 is 0 Å². The standard InChI is InChI=1S/C8H17NO/c1-3-7(2)8(4-5-8)6-10-9/h7H,3-6,9H2,1-2H3. The predicted octanol–water partition coefficient (Wildman–Crippen LogP) is 1.70. The molecule has 0 radical (unpaired) electrons. The highest BCUT2D eigenvalue weighted by atomic mass is 16.6. The quantitative estimate of drug-likeness (QED) is 0.608. The molecule has 2 heteroatoms. The first-order valence-electron chi connectivity index (χ1n) is 4.07. The van der Waals surface area contributed by atoms with Crippen molar-refractivity contribution < 1.29 is 4.84 Å². The minimum Gasteiger partial charge on any atom is -0.304 e. The summed E-state index contributed by atoms with van der Waals surface area (Å²) in [6.45, 7) is 5.26. The van der Waals surface area contributed by atoms with E-state index < -0.39 is 0 Å². The molecule has 0 aromatic carbocycles. The van der Waals surface area contributed by atoms with Gasteiger partial charge in [0.1, 0.15) is 0 Å². The topological polar surface area (TPSA) is 35.2 Å². The lowest BCUT2D eigenvalue weighted by molar-refractivity contribution is 0.0675. The second kappa shape index (κ2) is 2.89. The van der Waals surface area contributed by atoms with Crippen LogP contribution in [0.1, 0.15) is 33.1 Å². The summed E-state index contributed by atoms with van der Waals surface area (Å²) in [7, 11) is 0. The molecule has 2 nitrogen and oxygen atoms in total. The summed E-state index contributed by atoms with van der Waals surface area (Å²) >= 11 is 0. The molecule has 1 aliphatic rings. The third-order valence-electron chi connectivity index (χ3n) is 2.92. The lowest BCUT2D eigenvalue weighted by atomic mass is 9.89. The Bertz CT molecular complexity index is 110. The minimum absolute atomic E-state index is 0.462. The zero-order valence-electron chi connectivity index (χ0n) is 6.89. The summed E-state index contributed by atoms with van der Waals surface area (Å²) in [5.41, 5.74) is 0.462. The Morgan fingerprint density at radius 1 is 1.60 bits per heavy atom. The van der Waals surface area contributed by atoms with Gasteiger partial charge in [0.15, 0.2) is 0 Å². The Labute approximate surface area is 62.7 Å². The van der Waals surface area contributed by atoms with Gasteiger partial charge in [0.2, 0.25) is 0 Å². The molecule has 1 unspecified atom stereocenters. The van der Waals surface area contributed by atoms with Crippen LogP contribution in [-0.2, 0) is 4.84 Å². The monoisotopic (exact) mass is 143 g/mol. The maximum Gasteiger partial charge on any atom is 0.0738 e. The lowest BCUT2D eigenvalue weighted by Crippen LogP contribution is -2.20. The van der Waals surface area contributed by atoms with Crippen LogP contribution in [-0.4, -0.2) is 6.61 Å². The van der Waals surface area contributed by atoms with Gasteiger partial charge in [-0.2, -0.15) is 0 Å². The smallest absolute Gasteiger partial charge is 0.0738 e. The van der Waals surface area contributed by atoms with Gasteiger partial charge < -0.3 is 4.84 Å². The van der Waals surface area contributed by atoms with Crippen molar-refractivity contribution >= 4 is 0 Å². The molecule has 0 spiro atoms. The molecule has 1 atom stereocenters. The molecule has 1 fully saturated rings. The van der Waals surface area contributed by atoms with Crippen molar-refractivity contribution in [3.63, 3.8) is 0 Å². The molecular weight excluding hydrogens is 126 g/mol. The molecule has 0 saturated heterocycles. The highest BCUT2D eigenvalue weighted by molar-refractivity contribution is 4.96. The van der Waals surface area contributed by atoms with Crippen molar-refractivity contribution in [2.45, 2.75) is 33.1 Å². The Morgan fingerprint density at radius 3 is 2.50 bits per heavy atom. The largest absolute Gasteiger partial charge is 0.304 e. The van der Waals surface area contributed by atoms with E-state index in [2.05, 4.69) is 13.8 Å². The Balaban J connectivity index is 2.35. The second-order valence-electron chi connectivity index (χ2n) is 3.48. The van der Waals surface area contributed by atoms with Gasteiger partial charge in [0, 0.05) is 0 Å². The highest BCUT2D eigenvalue weighted by Crippen LogP contribution is 2.52. The molecule has 0 aromatic heterocycles. The maximum absolute atomic E-state index is 5.05. The molecule has 1 aliphatic carbocycles. The average Bonchev–Trinajstić information content (AvgIpc) is 2.69. The molecular formula is C8H17NO. The summed E-state index contributed by atoms with van der Waals surface area (Å²) in [6, 6.07) is 0. The van der Waals surface area contributed by atoms with Crippen molar-refractivity contribution in [2.24, 2.45) is 17.2 Å². The van der Waals surface area contributed by atoms with Crippen molar-refractivity contribution in [2.75, 3.05) is 6.61 Å². The lowest BCUT2D eigenvalue weighted by Gasteiger charge is -2.19. The molecule has 2 N–H and O–H groups in total. The van der Waals surface area contributed by atoms with E-state index in [-0.39, 0.29) is 0 Å². The zero-order chi connectivity index (χ0) is 7.61. The van der Waals surface area contributed by atoms with Gasteiger partial charge in [-0.3, -0.25) is 0 Å². The summed E-state index contributed by atoms with van der Waals surface area (Å²) < 4.78 is 0. The van der Waals surface area contributed by atoms with Gasteiger partial charge in [0.05, 0.1) is 6.61 Å². The molecule has 0 aromatic rings. The fourth-order valence-corrected chi connectivity index (χ4v) is 1.54. The molecule has 0 heterocycles. The second-order valence-corrected chi connectivity index (χ2v) is 3.48. The van der Waals surface area contributed by atoms with E-state index in [1.54, 1.807) is 0 Å². The maximum atomic E-state index is 5.05. The van der Waals surface area contributed by atoms with Crippen molar-refractivity contribution in [1.29, 1.82) is 0 Å². The van der Waals surface area contributed by atoms with Crippen LogP contribution >= 0.6 is 0 Å². The van der Waals surface area contributed by atoms with Crippen LogP contribution in [0, 0.1) is 11.3 Å². The van der Waals surface area contributed by atoms with Crippen LogP contribution in [0.5, 0.6) is 0 Å². The van der Waals surface area contributed by atoms with Gasteiger partial charge in [-0.1, -0.05) is 20.3 Å². The first-order chi connectivity index (χ1) is 4.75. The summed E-state index contributed by atoms with van der Waals surface area (Å²) in [5, 5.41) is 0. The fraction of sp³-hybridized carbons (Fsp3) is 1.00. The minimum atomic E-state index is 0.462. The van der Waals surface area contributed by atoms with Crippen LogP contribution in [0.3, 0.4) is 0 Å². The first kappa shape index (κ1) is 8.02. The third-order valence-corrected chi connectivity index (χ3v) is 2.92. The predicted molar refractivity (Wildman–Crippen MR) is 41.3 cm³/mol. The molecule has 0 bridgehead atoms. The third kappa shape index (κ3) is 1.32. The number of nitrogens with two attached hydrogens (primary N) is 1. The van der Waals surface area contributed by atoms with Gasteiger partial charge in [-0.05, 0) is 24.2 Å². The van der Waals surface area contributed by atoms with Crippen LogP contribution in [0.25, 0.3) is 0 Å². The molecule has 10 heavy (non-hydrogen) atoms. The first-order valence-corrected chi connectivity index (χ1v) is 4.07. The van der Waals surface area contributed by atoms with Crippen molar-refractivity contribution in [1.82, 2.24) is 0 Å². The number of hydrogen-bond acceptors (Lipinski definition) is 2. The summed E-state index contributed by atoms with van der Waals surface area (Å²) in [6.07, 6.45) is 3.85. The average molecular weight is 143 g/mol. The molecule has 1 saturated carbocycles. The van der Waals surface area contributed by atoms with Crippen LogP contribution < -0.4 is 5.90 Å². The molecule has 1 rings (SSSR count). The van der Waals surface area contributed by atoms with E-state index in [4.69, 9.17) is 10.7 Å². The van der Waals surface area contributed by atoms with Crippen molar-refractivity contribution in [3.8, 4) is 0 Å².